The van der Waals surface area contributed by atoms with Crippen LogP contribution in [-0.4, -0.2) is 54.9 Å². The molecule has 12 heteroatoms. The van der Waals surface area contributed by atoms with E-state index in [9.17, 15) is 17.2 Å². The highest BCUT2D eigenvalue weighted by Gasteiger charge is 2.65. The van der Waals surface area contributed by atoms with Gasteiger partial charge in [-0.15, -0.1) is 10.2 Å². The summed E-state index contributed by atoms with van der Waals surface area (Å²) in [6.07, 6.45) is 6.14. The number of hydrogen-bond acceptors (Lipinski definition) is 8. The van der Waals surface area contributed by atoms with Gasteiger partial charge in [0.1, 0.15) is 27.8 Å². The number of hydrogen-bond donors (Lipinski definition) is 0. The summed E-state index contributed by atoms with van der Waals surface area (Å²) in [5.74, 6) is -0.574. The van der Waals surface area contributed by atoms with Crippen LogP contribution in [0.4, 0.5) is 8.78 Å². The van der Waals surface area contributed by atoms with Crippen molar-refractivity contribution in [2.24, 2.45) is 5.41 Å². The lowest BCUT2D eigenvalue weighted by Crippen LogP contribution is -2.38. The largest absolute Gasteiger partial charge is 0.252 e. The second-order valence-corrected chi connectivity index (χ2v) is 13.5. The molecule has 0 saturated heterocycles. The van der Waals surface area contributed by atoms with Crippen LogP contribution in [-0.2, 0) is 21.7 Å². The van der Waals surface area contributed by atoms with Gasteiger partial charge in [0.25, 0.3) is 5.95 Å². The van der Waals surface area contributed by atoms with E-state index in [1.807, 2.05) is 6.07 Å². The molecule has 4 aromatic rings. The number of sulfone groups is 1. The predicted molar refractivity (Wildman–Crippen MR) is 139 cm³/mol. The SMILES string of the molecule is C[C@@H](Cc1ncn(-c2nccc([C@@]34CC[C@@H](c5cc(-c6c(F)cccc6F)nnc53)C4(C)C)n2)n1)S(C)(=O)=O. The minimum Gasteiger partial charge on any atom is -0.229 e. The molecule has 0 unspecified atom stereocenters. The van der Waals surface area contributed by atoms with Gasteiger partial charge in [0.2, 0.25) is 0 Å². The Kier molecular flexibility index (Phi) is 5.69. The highest BCUT2D eigenvalue weighted by molar-refractivity contribution is 7.91. The van der Waals surface area contributed by atoms with E-state index in [0.717, 1.165) is 29.8 Å². The van der Waals surface area contributed by atoms with Gasteiger partial charge in [-0.25, -0.2) is 32.2 Å². The Hall–Kier alpha value is -3.67. The Morgan fingerprint density at radius 3 is 2.59 bits per heavy atom. The third-order valence-corrected chi connectivity index (χ3v) is 10.3. The van der Waals surface area contributed by atoms with Crippen LogP contribution in [0.3, 0.4) is 0 Å². The zero-order valence-corrected chi connectivity index (χ0v) is 22.7. The summed E-state index contributed by atoms with van der Waals surface area (Å²) < 4.78 is 54.2. The number of fused-ring (bicyclic) bond motifs is 5. The molecule has 2 aliphatic carbocycles. The van der Waals surface area contributed by atoms with E-state index in [2.05, 4.69) is 39.1 Å². The smallest absolute Gasteiger partial charge is 0.229 e. The molecule has 1 fully saturated rings. The number of nitrogens with zero attached hydrogens (tertiary/aromatic N) is 7. The second kappa shape index (κ2) is 8.67. The normalized spacial score (nSPS) is 22.2. The summed E-state index contributed by atoms with van der Waals surface area (Å²) >= 11 is 0. The summed E-state index contributed by atoms with van der Waals surface area (Å²) in [4.78, 5) is 13.5. The highest BCUT2D eigenvalue weighted by atomic mass is 32.2. The molecule has 3 heterocycles. The molecule has 3 aromatic heterocycles. The molecule has 0 aliphatic heterocycles. The molecule has 39 heavy (non-hydrogen) atoms. The average Bonchev–Trinajstić information content (AvgIpc) is 3.51. The molecule has 9 nitrogen and oxygen atoms in total. The third kappa shape index (κ3) is 3.79. The van der Waals surface area contributed by atoms with Gasteiger partial charge in [-0.05, 0) is 60.9 Å². The van der Waals surface area contributed by atoms with Gasteiger partial charge >= 0.3 is 0 Å². The molecule has 3 atom stereocenters. The lowest BCUT2D eigenvalue weighted by atomic mass is 9.66. The molecular formula is C27H27F2N7O2S. The number of rotatable bonds is 6. The summed E-state index contributed by atoms with van der Waals surface area (Å²) in [6.45, 7) is 5.95. The topological polar surface area (TPSA) is 116 Å². The van der Waals surface area contributed by atoms with Crippen molar-refractivity contribution in [2.45, 2.75) is 56.6 Å². The summed E-state index contributed by atoms with van der Waals surface area (Å²) in [5, 5.41) is 12.7. The monoisotopic (exact) mass is 551 g/mol. The second-order valence-electron chi connectivity index (χ2n) is 11.0. The molecule has 202 valence electrons. The third-order valence-electron chi connectivity index (χ3n) is 8.63. The summed E-state index contributed by atoms with van der Waals surface area (Å²) in [6, 6.07) is 7.38. The molecular weight excluding hydrogens is 524 g/mol. The lowest BCUT2D eigenvalue weighted by molar-refractivity contribution is 0.242. The van der Waals surface area contributed by atoms with E-state index in [-0.39, 0.29) is 29.0 Å². The average molecular weight is 552 g/mol. The van der Waals surface area contributed by atoms with Crippen molar-refractivity contribution in [3.8, 4) is 17.2 Å². The van der Waals surface area contributed by atoms with Crippen LogP contribution in [0.15, 0.2) is 42.9 Å². The summed E-state index contributed by atoms with van der Waals surface area (Å²) in [5.41, 5.74) is 1.54. The molecule has 0 spiro atoms. The zero-order valence-electron chi connectivity index (χ0n) is 21.9. The Morgan fingerprint density at radius 2 is 1.87 bits per heavy atom. The quantitative estimate of drug-likeness (QED) is 0.353. The van der Waals surface area contributed by atoms with Gasteiger partial charge in [-0.3, -0.25) is 0 Å². The molecule has 2 aliphatic rings. The Morgan fingerprint density at radius 1 is 1.13 bits per heavy atom. The fraction of sp³-hybridized carbons (Fsp3) is 0.407. The Bertz CT molecular complexity index is 1700. The fourth-order valence-corrected chi connectivity index (χ4v) is 6.80. The fourth-order valence-electron chi connectivity index (χ4n) is 6.35. The molecule has 0 N–H and O–H groups in total. The van der Waals surface area contributed by atoms with Gasteiger partial charge < -0.3 is 0 Å². The van der Waals surface area contributed by atoms with Crippen LogP contribution in [0.2, 0.25) is 0 Å². The molecule has 6 rings (SSSR count). The van der Waals surface area contributed by atoms with Gasteiger partial charge in [0.15, 0.2) is 5.82 Å². The Balaban J connectivity index is 1.41. The van der Waals surface area contributed by atoms with Crippen molar-refractivity contribution < 1.29 is 17.2 Å². The lowest BCUT2D eigenvalue weighted by Gasteiger charge is -2.37. The molecule has 1 aromatic carbocycles. The zero-order chi connectivity index (χ0) is 27.7. The van der Waals surface area contributed by atoms with E-state index >= 15 is 0 Å². The highest BCUT2D eigenvalue weighted by Crippen LogP contribution is 2.69. The van der Waals surface area contributed by atoms with E-state index in [4.69, 9.17) is 4.98 Å². The van der Waals surface area contributed by atoms with E-state index in [0.29, 0.717) is 11.8 Å². The van der Waals surface area contributed by atoms with E-state index < -0.39 is 32.1 Å². The van der Waals surface area contributed by atoms with Crippen LogP contribution in [0, 0.1) is 17.0 Å². The Labute approximate surface area is 224 Å². The van der Waals surface area contributed by atoms with E-state index in [1.165, 1.54) is 35.5 Å². The number of halogens is 2. The van der Waals surface area contributed by atoms with Gasteiger partial charge in [-0.2, -0.15) is 9.78 Å². The maximum absolute atomic E-state index is 14.5. The predicted octanol–water partition coefficient (Wildman–Crippen LogP) is 3.97. The molecule has 1 saturated carbocycles. The van der Waals surface area contributed by atoms with Crippen molar-refractivity contribution in [3.63, 3.8) is 0 Å². The first-order chi connectivity index (χ1) is 18.4. The summed E-state index contributed by atoms with van der Waals surface area (Å²) in [7, 11) is -3.22. The van der Waals surface area contributed by atoms with Crippen molar-refractivity contribution in [1.29, 1.82) is 0 Å². The van der Waals surface area contributed by atoms with Gasteiger partial charge in [-0.1, -0.05) is 19.9 Å². The van der Waals surface area contributed by atoms with Crippen LogP contribution in [0.25, 0.3) is 17.2 Å². The van der Waals surface area contributed by atoms with Crippen molar-refractivity contribution in [3.05, 3.63) is 77.3 Å². The van der Waals surface area contributed by atoms with Crippen LogP contribution in [0.5, 0.6) is 0 Å². The van der Waals surface area contributed by atoms with Crippen LogP contribution < -0.4 is 0 Å². The van der Waals surface area contributed by atoms with Crippen molar-refractivity contribution >= 4 is 9.84 Å². The molecule has 0 amide bonds. The minimum absolute atomic E-state index is 0.102. The van der Waals surface area contributed by atoms with Crippen molar-refractivity contribution in [1.82, 2.24) is 34.9 Å². The first-order valence-corrected chi connectivity index (χ1v) is 14.6. The standard InChI is InChI=1S/C27H27F2N7O2S/c1-15(39(4,37)38)12-22-31-14-36(35-22)25-30-11-9-21(32-25)27-10-8-17(26(27,2)3)16-13-20(33-34-24(16)27)23-18(28)6-5-7-19(23)29/h5-7,9,11,13-15,17H,8,10,12H2,1-4H3/t15-,17-,27-/m0/s1. The number of aromatic nitrogens is 7. The van der Waals surface area contributed by atoms with E-state index in [1.54, 1.807) is 19.2 Å². The molecule has 0 radical (unpaired) electrons. The maximum Gasteiger partial charge on any atom is 0.252 e. The van der Waals surface area contributed by atoms with Gasteiger partial charge in [0.05, 0.1) is 33.3 Å². The van der Waals surface area contributed by atoms with Crippen LogP contribution in [0.1, 0.15) is 62.3 Å². The number of benzene rings is 1. The van der Waals surface area contributed by atoms with Crippen LogP contribution >= 0.6 is 0 Å². The van der Waals surface area contributed by atoms with Gasteiger partial charge in [0, 0.05) is 18.9 Å². The minimum atomic E-state index is -3.22. The maximum atomic E-state index is 14.5. The molecule has 2 bridgehead atoms. The first-order valence-electron chi connectivity index (χ1n) is 12.7. The first kappa shape index (κ1) is 25.6. The van der Waals surface area contributed by atoms with Crippen molar-refractivity contribution in [2.75, 3.05) is 6.26 Å².